The Morgan fingerprint density at radius 2 is 1.86 bits per heavy atom. The van der Waals surface area contributed by atoms with Gasteiger partial charge in [-0.1, -0.05) is 18.5 Å². The highest BCUT2D eigenvalue weighted by Gasteiger charge is 2.29. The van der Waals surface area contributed by atoms with Crippen molar-refractivity contribution in [2.24, 2.45) is 17.6 Å². The van der Waals surface area contributed by atoms with Gasteiger partial charge in [0.15, 0.2) is 5.78 Å². The molecule has 1 heterocycles. The van der Waals surface area contributed by atoms with E-state index in [0.29, 0.717) is 43.1 Å². The van der Waals surface area contributed by atoms with Gasteiger partial charge in [-0.2, -0.15) is 0 Å². The van der Waals surface area contributed by atoms with Gasteiger partial charge in [-0.25, -0.2) is 0 Å². The molecular weight excluding hydrogens is 288 g/mol. The number of benzene rings is 1. The van der Waals surface area contributed by atoms with Crippen molar-refractivity contribution in [1.82, 2.24) is 4.90 Å². The third-order valence-electron chi connectivity index (χ3n) is 4.08. The number of Topliss-reactive ketones (excluding diaryl/α,β-unsaturated/α-hetero) is 1. The van der Waals surface area contributed by atoms with Crippen LogP contribution < -0.4 is 5.73 Å². The lowest BCUT2D eigenvalue weighted by atomic mass is 9.88. The fourth-order valence-corrected chi connectivity index (χ4v) is 2.75. The van der Waals surface area contributed by atoms with Crippen molar-refractivity contribution in [2.45, 2.75) is 19.8 Å². The third-order valence-corrected chi connectivity index (χ3v) is 4.33. The molecule has 0 bridgehead atoms. The molecule has 1 unspecified atom stereocenters. The molecule has 4 nitrogen and oxygen atoms in total. The van der Waals surface area contributed by atoms with Crippen LogP contribution in [-0.4, -0.2) is 36.2 Å². The zero-order valence-corrected chi connectivity index (χ0v) is 13.0. The number of hydrogen-bond acceptors (Lipinski definition) is 3. The van der Waals surface area contributed by atoms with Gasteiger partial charge in [0, 0.05) is 42.1 Å². The number of ketones is 1. The number of nitrogens with two attached hydrogens (primary N) is 1. The summed E-state index contributed by atoms with van der Waals surface area (Å²) >= 11 is 5.83. The van der Waals surface area contributed by atoms with E-state index < -0.39 is 0 Å². The molecule has 2 rings (SSSR count). The fourth-order valence-electron chi connectivity index (χ4n) is 2.62. The lowest BCUT2D eigenvalue weighted by Gasteiger charge is -2.32. The van der Waals surface area contributed by atoms with E-state index in [4.69, 9.17) is 17.3 Å². The summed E-state index contributed by atoms with van der Waals surface area (Å²) < 4.78 is 0. The van der Waals surface area contributed by atoms with Crippen LogP contribution in [0.25, 0.3) is 0 Å². The number of likely N-dealkylation sites (tertiary alicyclic amines) is 1. The monoisotopic (exact) mass is 308 g/mol. The van der Waals surface area contributed by atoms with E-state index in [1.54, 1.807) is 24.3 Å². The van der Waals surface area contributed by atoms with Gasteiger partial charge < -0.3 is 10.6 Å². The molecule has 1 aromatic carbocycles. The van der Waals surface area contributed by atoms with Gasteiger partial charge in [0.05, 0.1) is 0 Å². The molecule has 0 radical (unpaired) electrons. The van der Waals surface area contributed by atoms with Gasteiger partial charge >= 0.3 is 0 Å². The third kappa shape index (κ3) is 3.83. The first kappa shape index (κ1) is 16.0. The fraction of sp³-hybridized carbons (Fsp3) is 0.500. The maximum atomic E-state index is 12.4. The SMILES string of the molecule is CC(CN)C(=O)N1CCC(C(=O)c2ccc(Cl)cc2)CC1. The van der Waals surface area contributed by atoms with Gasteiger partial charge in [0.25, 0.3) is 0 Å². The van der Waals surface area contributed by atoms with Crippen molar-refractivity contribution in [2.75, 3.05) is 19.6 Å². The van der Waals surface area contributed by atoms with E-state index in [1.165, 1.54) is 0 Å². The van der Waals surface area contributed by atoms with Gasteiger partial charge in [-0.15, -0.1) is 0 Å². The average molecular weight is 309 g/mol. The average Bonchev–Trinajstić information content (AvgIpc) is 2.53. The summed E-state index contributed by atoms with van der Waals surface area (Å²) in [5.41, 5.74) is 6.22. The molecule has 21 heavy (non-hydrogen) atoms. The van der Waals surface area contributed by atoms with Crippen molar-refractivity contribution in [1.29, 1.82) is 0 Å². The Morgan fingerprint density at radius 3 is 2.38 bits per heavy atom. The highest BCUT2D eigenvalue weighted by molar-refractivity contribution is 6.30. The quantitative estimate of drug-likeness (QED) is 0.869. The number of carbonyl (C=O) groups is 2. The molecule has 0 spiro atoms. The van der Waals surface area contributed by atoms with Crippen LogP contribution in [0, 0.1) is 11.8 Å². The van der Waals surface area contributed by atoms with E-state index in [0.717, 1.165) is 0 Å². The largest absolute Gasteiger partial charge is 0.342 e. The maximum absolute atomic E-state index is 12.4. The second-order valence-electron chi connectivity index (χ2n) is 5.61. The number of hydrogen-bond donors (Lipinski definition) is 1. The van der Waals surface area contributed by atoms with Crippen molar-refractivity contribution < 1.29 is 9.59 Å². The Morgan fingerprint density at radius 1 is 1.29 bits per heavy atom. The van der Waals surface area contributed by atoms with E-state index >= 15 is 0 Å². The van der Waals surface area contributed by atoms with Gasteiger partial charge in [0.2, 0.25) is 5.91 Å². The Bertz CT molecular complexity index is 508. The zero-order chi connectivity index (χ0) is 15.4. The molecule has 0 aliphatic carbocycles. The molecule has 114 valence electrons. The molecule has 0 aromatic heterocycles. The summed E-state index contributed by atoms with van der Waals surface area (Å²) in [5.74, 6) is 0.0810. The molecular formula is C16H21ClN2O2. The lowest BCUT2D eigenvalue weighted by Crippen LogP contribution is -2.44. The molecule has 5 heteroatoms. The first-order chi connectivity index (χ1) is 10.0. The maximum Gasteiger partial charge on any atom is 0.226 e. The van der Waals surface area contributed by atoms with Crippen LogP contribution in [0.5, 0.6) is 0 Å². The standard InChI is InChI=1S/C16H21ClN2O2/c1-11(10-18)16(21)19-8-6-13(7-9-19)15(20)12-2-4-14(17)5-3-12/h2-5,11,13H,6-10,18H2,1H3. The van der Waals surface area contributed by atoms with Crippen LogP contribution in [0.4, 0.5) is 0 Å². The zero-order valence-electron chi connectivity index (χ0n) is 12.2. The lowest BCUT2D eigenvalue weighted by molar-refractivity contribution is -0.135. The first-order valence-electron chi connectivity index (χ1n) is 7.31. The Hall–Kier alpha value is -1.39. The molecule has 1 amide bonds. The second-order valence-corrected chi connectivity index (χ2v) is 6.04. The number of piperidine rings is 1. The van der Waals surface area contributed by atoms with Crippen molar-refractivity contribution >= 4 is 23.3 Å². The number of carbonyl (C=O) groups excluding carboxylic acids is 2. The minimum atomic E-state index is -0.145. The Labute approximate surface area is 130 Å². The second kappa shape index (κ2) is 7.05. The van der Waals surface area contributed by atoms with E-state index in [9.17, 15) is 9.59 Å². The highest BCUT2D eigenvalue weighted by atomic mass is 35.5. The number of nitrogens with zero attached hydrogens (tertiary/aromatic N) is 1. The van der Waals surface area contributed by atoms with Crippen LogP contribution in [0.3, 0.4) is 0 Å². The molecule has 2 N–H and O–H groups in total. The Kier molecular flexibility index (Phi) is 5.37. The van der Waals surface area contributed by atoms with Gasteiger partial charge in [-0.05, 0) is 37.1 Å². The van der Waals surface area contributed by atoms with Gasteiger partial charge in [0.1, 0.15) is 0 Å². The summed E-state index contributed by atoms with van der Waals surface area (Å²) in [4.78, 5) is 26.3. The summed E-state index contributed by atoms with van der Waals surface area (Å²) in [6.45, 7) is 3.47. The predicted octanol–water partition coefficient (Wildman–Crippen LogP) is 2.36. The molecule has 0 saturated carbocycles. The van der Waals surface area contributed by atoms with Crippen LogP contribution in [0.15, 0.2) is 24.3 Å². The van der Waals surface area contributed by atoms with Crippen molar-refractivity contribution in [3.63, 3.8) is 0 Å². The van der Waals surface area contributed by atoms with E-state index in [1.807, 2.05) is 11.8 Å². The minimum absolute atomic E-state index is 0.0107. The van der Waals surface area contributed by atoms with Gasteiger partial charge in [-0.3, -0.25) is 9.59 Å². The minimum Gasteiger partial charge on any atom is -0.342 e. The van der Waals surface area contributed by atoms with Crippen LogP contribution in [0.1, 0.15) is 30.1 Å². The van der Waals surface area contributed by atoms with Crippen molar-refractivity contribution in [3.8, 4) is 0 Å². The Balaban J connectivity index is 1.93. The molecule has 1 atom stereocenters. The summed E-state index contributed by atoms with van der Waals surface area (Å²) in [6.07, 6.45) is 1.43. The summed E-state index contributed by atoms with van der Waals surface area (Å²) in [5, 5.41) is 0.628. The van der Waals surface area contributed by atoms with E-state index in [-0.39, 0.29) is 23.5 Å². The topological polar surface area (TPSA) is 63.4 Å². The number of amides is 1. The normalized spacial score (nSPS) is 17.6. The molecule has 1 fully saturated rings. The smallest absolute Gasteiger partial charge is 0.226 e. The van der Waals surface area contributed by atoms with Crippen LogP contribution in [0.2, 0.25) is 5.02 Å². The highest BCUT2D eigenvalue weighted by Crippen LogP contribution is 2.23. The molecule has 1 aliphatic rings. The molecule has 1 aromatic rings. The predicted molar refractivity (Wildman–Crippen MR) is 83.3 cm³/mol. The molecule has 1 aliphatic heterocycles. The number of halogens is 1. The van der Waals surface area contributed by atoms with E-state index in [2.05, 4.69) is 0 Å². The molecule has 1 saturated heterocycles. The summed E-state index contributed by atoms with van der Waals surface area (Å²) in [7, 11) is 0. The van der Waals surface area contributed by atoms with Crippen LogP contribution >= 0.6 is 11.6 Å². The van der Waals surface area contributed by atoms with Crippen LogP contribution in [-0.2, 0) is 4.79 Å². The first-order valence-corrected chi connectivity index (χ1v) is 7.69. The van der Waals surface area contributed by atoms with Crippen molar-refractivity contribution in [3.05, 3.63) is 34.9 Å². The summed E-state index contributed by atoms with van der Waals surface area (Å²) in [6, 6.07) is 6.99. The number of rotatable bonds is 4.